The number of thiophene rings is 1. The van der Waals surface area contributed by atoms with E-state index in [-0.39, 0.29) is 0 Å². The van der Waals surface area contributed by atoms with E-state index in [1.165, 1.54) is 18.5 Å². The highest BCUT2D eigenvalue weighted by Gasteiger charge is 2.20. The predicted octanol–water partition coefficient (Wildman–Crippen LogP) is 1.84. The Morgan fingerprint density at radius 3 is 3.29 bits per heavy atom. The molecule has 1 atom stereocenters. The lowest BCUT2D eigenvalue weighted by Gasteiger charge is -2.32. The smallest absolute Gasteiger partial charge is 0.0247 e. The van der Waals surface area contributed by atoms with Crippen molar-refractivity contribution in [3.63, 3.8) is 0 Å². The van der Waals surface area contributed by atoms with Crippen LogP contribution in [0.15, 0.2) is 11.4 Å². The van der Waals surface area contributed by atoms with Gasteiger partial charge in [0.05, 0.1) is 0 Å². The van der Waals surface area contributed by atoms with Crippen molar-refractivity contribution in [1.82, 2.24) is 4.90 Å². The lowest BCUT2D eigenvalue weighted by atomic mass is 10.1. The minimum Gasteiger partial charge on any atom is -0.330 e. The van der Waals surface area contributed by atoms with Gasteiger partial charge in [0.1, 0.15) is 0 Å². The Morgan fingerprint density at radius 2 is 2.50 bits per heavy atom. The fraction of sp³-hybridized carbons (Fsp3) is 0.636. The van der Waals surface area contributed by atoms with Crippen LogP contribution in [0.5, 0.6) is 0 Å². The van der Waals surface area contributed by atoms with Crippen LogP contribution in [0.2, 0.25) is 0 Å². The van der Waals surface area contributed by atoms with Gasteiger partial charge in [-0.15, -0.1) is 11.3 Å². The highest BCUT2D eigenvalue weighted by molar-refractivity contribution is 7.10. The van der Waals surface area contributed by atoms with E-state index in [0.29, 0.717) is 6.04 Å². The highest BCUT2D eigenvalue weighted by atomic mass is 32.1. The third-order valence-corrected chi connectivity index (χ3v) is 4.07. The highest BCUT2D eigenvalue weighted by Crippen LogP contribution is 2.25. The first-order chi connectivity index (χ1) is 6.81. The van der Waals surface area contributed by atoms with Crippen LogP contribution in [0, 0.1) is 0 Å². The molecule has 0 saturated carbocycles. The zero-order valence-corrected chi connectivity index (χ0v) is 9.52. The number of hydrogen-bond acceptors (Lipinski definition) is 3. The van der Waals surface area contributed by atoms with Gasteiger partial charge in [0.15, 0.2) is 0 Å². The second kappa shape index (κ2) is 4.43. The molecule has 1 aliphatic heterocycles. The molecule has 78 valence electrons. The van der Waals surface area contributed by atoms with Gasteiger partial charge in [0.25, 0.3) is 0 Å². The summed E-state index contributed by atoms with van der Waals surface area (Å²) in [5.74, 6) is 0. The largest absolute Gasteiger partial charge is 0.330 e. The molecule has 2 N–H and O–H groups in total. The van der Waals surface area contributed by atoms with Crippen molar-refractivity contribution in [2.24, 2.45) is 5.73 Å². The first-order valence-electron chi connectivity index (χ1n) is 5.30. The van der Waals surface area contributed by atoms with E-state index in [4.69, 9.17) is 5.73 Å². The molecule has 2 rings (SSSR count). The zero-order chi connectivity index (χ0) is 9.97. The molecule has 0 amide bonds. The van der Waals surface area contributed by atoms with Gasteiger partial charge in [-0.05, 0) is 43.3 Å². The molecule has 3 heteroatoms. The summed E-state index contributed by atoms with van der Waals surface area (Å²) in [5.41, 5.74) is 7.12. The van der Waals surface area contributed by atoms with E-state index in [0.717, 1.165) is 19.5 Å². The van der Waals surface area contributed by atoms with E-state index in [1.54, 1.807) is 4.88 Å². The number of fused-ring (bicyclic) bond motifs is 1. The lowest BCUT2D eigenvalue weighted by Crippen LogP contribution is -2.38. The topological polar surface area (TPSA) is 29.3 Å². The molecule has 2 nitrogen and oxygen atoms in total. The Bertz CT molecular complexity index is 295. The molecule has 1 unspecified atom stereocenters. The molecule has 1 aliphatic rings. The van der Waals surface area contributed by atoms with Gasteiger partial charge in [-0.25, -0.2) is 0 Å². The van der Waals surface area contributed by atoms with Gasteiger partial charge in [-0.3, -0.25) is 4.90 Å². The quantitative estimate of drug-likeness (QED) is 0.825. The van der Waals surface area contributed by atoms with Crippen molar-refractivity contribution in [1.29, 1.82) is 0 Å². The summed E-state index contributed by atoms with van der Waals surface area (Å²) in [5, 5.41) is 2.21. The Balaban J connectivity index is 2.00. The Hall–Kier alpha value is -0.380. The fourth-order valence-corrected chi connectivity index (χ4v) is 2.96. The maximum atomic E-state index is 5.59. The van der Waals surface area contributed by atoms with Crippen LogP contribution in [0.1, 0.15) is 23.8 Å². The van der Waals surface area contributed by atoms with Gasteiger partial charge in [0.2, 0.25) is 0 Å². The molecule has 0 fully saturated rings. The van der Waals surface area contributed by atoms with Gasteiger partial charge in [0, 0.05) is 24.0 Å². The third kappa shape index (κ3) is 2.00. The van der Waals surface area contributed by atoms with E-state index in [1.807, 2.05) is 11.3 Å². The first kappa shape index (κ1) is 10.1. The average molecular weight is 210 g/mol. The number of rotatable bonds is 3. The van der Waals surface area contributed by atoms with Gasteiger partial charge in [-0.2, -0.15) is 0 Å². The summed E-state index contributed by atoms with van der Waals surface area (Å²) >= 11 is 1.90. The monoisotopic (exact) mass is 210 g/mol. The molecule has 0 aromatic carbocycles. The molecule has 1 aromatic heterocycles. The van der Waals surface area contributed by atoms with Crippen molar-refractivity contribution in [2.45, 2.75) is 32.4 Å². The molecule has 0 aliphatic carbocycles. The minimum atomic E-state index is 0.632. The normalized spacial score (nSPS) is 19.3. The molecular formula is C11H18N2S. The number of nitrogens with two attached hydrogens (primary N) is 1. The average Bonchev–Trinajstić information content (AvgIpc) is 2.64. The van der Waals surface area contributed by atoms with Crippen molar-refractivity contribution < 1.29 is 0 Å². The third-order valence-electron chi connectivity index (χ3n) is 3.04. The maximum Gasteiger partial charge on any atom is 0.0247 e. The molecular weight excluding hydrogens is 192 g/mol. The predicted molar refractivity (Wildman–Crippen MR) is 61.6 cm³/mol. The maximum absolute atomic E-state index is 5.59. The van der Waals surface area contributed by atoms with Crippen molar-refractivity contribution in [3.05, 3.63) is 21.9 Å². The summed E-state index contributed by atoms with van der Waals surface area (Å²) in [6, 6.07) is 2.90. The minimum absolute atomic E-state index is 0.632. The van der Waals surface area contributed by atoms with Gasteiger partial charge >= 0.3 is 0 Å². The zero-order valence-electron chi connectivity index (χ0n) is 8.70. The lowest BCUT2D eigenvalue weighted by molar-refractivity contribution is 0.185. The molecule has 14 heavy (non-hydrogen) atoms. The van der Waals surface area contributed by atoms with Crippen LogP contribution >= 0.6 is 11.3 Å². The summed E-state index contributed by atoms with van der Waals surface area (Å²) in [6.45, 7) is 5.41. The van der Waals surface area contributed by atoms with Crippen LogP contribution in [-0.4, -0.2) is 24.0 Å². The number of nitrogens with zero attached hydrogens (tertiary/aromatic N) is 1. The van der Waals surface area contributed by atoms with Crippen molar-refractivity contribution >= 4 is 11.3 Å². The summed E-state index contributed by atoms with van der Waals surface area (Å²) in [7, 11) is 0. The van der Waals surface area contributed by atoms with E-state index in [9.17, 15) is 0 Å². The standard InChI is InChI=1S/C11H18N2S/c1-9(2-5-12)13-6-3-11-10(8-13)4-7-14-11/h4,7,9H,2-3,5-6,8,12H2,1H3. The molecule has 0 spiro atoms. The molecule has 1 aromatic rings. The second-order valence-corrected chi connectivity index (χ2v) is 5.02. The Morgan fingerprint density at radius 1 is 1.64 bits per heavy atom. The summed E-state index contributed by atoms with van der Waals surface area (Å²) in [4.78, 5) is 4.13. The second-order valence-electron chi connectivity index (χ2n) is 4.02. The van der Waals surface area contributed by atoms with Gasteiger partial charge in [-0.1, -0.05) is 0 Å². The molecule has 0 saturated heterocycles. The Labute approximate surface area is 89.7 Å². The van der Waals surface area contributed by atoms with Crippen molar-refractivity contribution in [2.75, 3.05) is 13.1 Å². The molecule has 0 bridgehead atoms. The van der Waals surface area contributed by atoms with Crippen LogP contribution in [0.4, 0.5) is 0 Å². The van der Waals surface area contributed by atoms with Crippen LogP contribution in [0.25, 0.3) is 0 Å². The fourth-order valence-electron chi connectivity index (χ4n) is 2.07. The van der Waals surface area contributed by atoms with E-state index in [2.05, 4.69) is 23.3 Å². The van der Waals surface area contributed by atoms with Gasteiger partial charge < -0.3 is 5.73 Å². The number of hydrogen-bond donors (Lipinski definition) is 1. The Kier molecular flexibility index (Phi) is 3.21. The summed E-state index contributed by atoms with van der Waals surface area (Å²) in [6.07, 6.45) is 2.33. The first-order valence-corrected chi connectivity index (χ1v) is 6.18. The van der Waals surface area contributed by atoms with E-state index >= 15 is 0 Å². The van der Waals surface area contributed by atoms with Crippen LogP contribution < -0.4 is 5.73 Å². The summed E-state index contributed by atoms with van der Waals surface area (Å²) < 4.78 is 0. The SMILES string of the molecule is CC(CCN)N1CCc2sccc2C1. The molecule has 0 radical (unpaired) electrons. The van der Waals surface area contributed by atoms with Crippen molar-refractivity contribution in [3.8, 4) is 0 Å². The van der Waals surface area contributed by atoms with Crippen LogP contribution in [0.3, 0.4) is 0 Å². The molecule has 2 heterocycles. The van der Waals surface area contributed by atoms with E-state index < -0.39 is 0 Å². The van der Waals surface area contributed by atoms with Crippen LogP contribution in [-0.2, 0) is 13.0 Å².